The summed E-state index contributed by atoms with van der Waals surface area (Å²) in [6.45, 7) is 2.44. The summed E-state index contributed by atoms with van der Waals surface area (Å²) in [5.74, 6) is 0. The van der Waals surface area contributed by atoms with Crippen LogP contribution in [-0.4, -0.2) is 18.0 Å². The van der Waals surface area contributed by atoms with Crippen LogP contribution in [-0.2, 0) is 6.54 Å². The molecule has 0 aliphatic carbocycles. The number of anilines is 1. The summed E-state index contributed by atoms with van der Waals surface area (Å²) in [4.78, 5) is 13.8. The minimum absolute atomic E-state index is 0.175. The summed E-state index contributed by atoms with van der Waals surface area (Å²) < 4.78 is 0.989. The van der Waals surface area contributed by atoms with Gasteiger partial charge in [-0.1, -0.05) is 51.8 Å². The number of nitrogens with zero attached hydrogens (tertiary/aromatic N) is 1. The summed E-state index contributed by atoms with van der Waals surface area (Å²) in [6, 6.07) is 13.1. The third-order valence-corrected chi connectivity index (χ3v) is 4.32. The van der Waals surface area contributed by atoms with E-state index >= 15 is 0 Å². The maximum atomic E-state index is 12.2. The monoisotopic (exact) mass is 366 g/mol. The number of carbonyl (C=O) groups is 1. The first-order valence-electron chi connectivity index (χ1n) is 6.49. The second-order valence-corrected chi connectivity index (χ2v) is 6.10. The lowest BCUT2D eigenvalue weighted by Gasteiger charge is -2.19. The van der Waals surface area contributed by atoms with Gasteiger partial charge in [0.15, 0.2) is 0 Å². The highest BCUT2D eigenvalue weighted by atomic mass is 79.9. The van der Waals surface area contributed by atoms with Crippen LogP contribution >= 0.6 is 27.5 Å². The van der Waals surface area contributed by atoms with Gasteiger partial charge < -0.3 is 10.2 Å². The summed E-state index contributed by atoms with van der Waals surface area (Å²) in [5, 5.41) is 3.48. The van der Waals surface area contributed by atoms with Crippen molar-refractivity contribution in [2.24, 2.45) is 0 Å². The average molecular weight is 368 g/mol. The molecule has 0 atom stereocenters. The highest BCUT2D eigenvalue weighted by molar-refractivity contribution is 9.10. The van der Waals surface area contributed by atoms with Gasteiger partial charge in [0.25, 0.3) is 0 Å². The van der Waals surface area contributed by atoms with Crippen molar-refractivity contribution >= 4 is 39.2 Å². The Kier molecular flexibility index (Phi) is 5.26. The molecule has 2 aromatic rings. The van der Waals surface area contributed by atoms with Crippen molar-refractivity contribution in [1.82, 2.24) is 4.90 Å². The average Bonchev–Trinajstić information content (AvgIpc) is 2.45. The molecule has 0 spiro atoms. The van der Waals surface area contributed by atoms with Gasteiger partial charge in [-0.25, -0.2) is 4.79 Å². The van der Waals surface area contributed by atoms with Gasteiger partial charge in [-0.05, 0) is 36.2 Å². The van der Waals surface area contributed by atoms with Crippen LogP contribution < -0.4 is 5.32 Å². The molecule has 0 fully saturated rings. The predicted molar refractivity (Wildman–Crippen MR) is 90.8 cm³/mol. The van der Waals surface area contributed by atoms with E-state index in [0.717, 1.165) is 15.6 Å². The van der Waals surface area contributed by atoms with Gasteiger partial charge in [-0.15, -0.1) is 0 Å². The smallest absolute Gasteiger partial charge is 0.321 e. The van der Waals surface area contributed by atoms with Crippen LogP contribution in [0.5, 0.6) is 0 Å². The van der Waals surface area contributed by atoms with Gasteiger partial charge >= 0.3 is 6.03 Å². The topological polar surface area (TPSA) is 32.3 Å². The van der Waals surface area contributed by atoms with Gasteiger partial charge in [-0.2, -0.15) is 0 Å². The molecule has 1 N–H and O–H groups in total. The maximum Gasteiger partial charge on any atom is 0.321 e. The van der Waals surface area contributed by atoms with E-state index < -0.39 is 0 Å². The predicted octanol–water partition coefficient (Wildman–Crippen LogP) is 5.07. The van der Waals surface area contributed by atoms with Crippen LogP contribution in [0, 0.1) is 6.92 Å². The van der Waals surface area contributed by atoms with Crippen molar-refractivity contribution in [3.8, 4) is 0 Å². The van der Waals surface area contributed by atoms with Gasteiger partial charge in [0, 0.05) is 28.8 Å². The van der Waals surface area contributed by atoms with Gasteiger partial charge in [0.1, 0.15) is 0 Å². The highest BCUT2D eigenvalue weighted by Crippen LogP contribution is 2.21. The number of nitrogens with one attached hydrogen (secondary N) is 1. The Bertz CT molecular complexity index is 660. The molecule has 3 nitrogen and oxygen atoms in total. The number of hydrogen-bond donors (Lipinski definition) is 1. The quantitative estimate of drug-likeness (QED) is 0.806. The van der Waals surface area contributed by atoms with Crippen molar-refractivity contribution < 1.29 is 4.79 Å². The van der Waals surface area contributed by atoms with E-state index in [-0.39, 0.29) is 6.03 Å². The van der Waals surface area contributed by atoms with Crippen LogP contribution in [0.25, 0.3) is 0 Å². The van der Waals surface area contributed by atoms with Crippen molar-refractivity contribution in [3.05, 3.63) is 63.1 Å². The van der Waals surface area contributed by atoms with Gasteiger partial charge in [0.05, 0.1) is 0 Å². The standard InChI is InChI=1S/C16H16BrClN2O/c1-11-7-8-13(9-15(11)18)19-16(21)20(2)10-12-5-3-4-6-14(12)17/h3-9H,10H2,1-2H3,(H,19,21). The molecule has 2 rings (SSSR count). The Labute approximate surface area is 138 Å². The number of carbonyl (C=O) groups excluding carboxylic acids is 1. The summed E-state index contributed by atoms with van der Waals surface area (Å²) in [5.41, 5.74) is 2.72. The number of hydrogen-bond acceptors (Lipinski definition) is 1. The van der Waals surface area contributed by atoms with Crippen molar-refractivity contribution in [2.45, 2.75) is 13.5 Å². The van der Waals surface area contributed by atoms with E-state index in [1.807, 2.05) is 43.3 Å². The largest absolute Gasteiger partial charge is 0.323 e. The zero-order valence-electron chi connectivity index (χ0n) is 11.9. The molecule has 0 bridgehead atoms. The molecule has 2 amide bonds. The van der Waals surface area contributed by atoms with Crippen LogP contribution in [0.4, 0.5) is 10.5 Å². The lowest BCUT2D eigenvalue weighted by atomic mass is 10.2. The van der Waals surface area contributed by atoms with Crippen LogP contribution in [0.3, 0.4) is 0 Å². The lowest BCUT2D eigenvalue weighted by Crippen LogP contribution is -2.30. The Balaban J connectivity index is 2.02. The fraction of sp³-hybridized carbons (Fsp3) is 0.188. The van der Waals surface area contributed by atoms with Gasteiger partial charge in [-0.3, -0.25) is 0 Å². The summed E-state index contributed by atoms with van der Waals surface area (Å²) >= 11 is 9.54. The number of halogens is 2. The first-order valence-corrected chi connectivity index (χ1v) is 7.66. The fourth-order valence-electron chi connectivity index (χ4n) is 1.84. The van der Waals surface area contributed by atoms with Crippen LogP contribution in [0.15, 0.2) is 46.9 Å². The third kappa shape index (κ3) is 4.22. The Morgan fingerprint density at radius 3 is 2.67 bits per heavy atom. The SMILES string of the molecule is Cc1ccc(NC(=O)N(C)Cc2ccccc2Br)cc1Cl. The molecule has 0 heterocycles. The van der Waals surface area contributed by atoms with Crippen molar-refractivity contribution in [2.75, 3.05) is 12.4 Å². The Hall–Kier alpha value is -1.52. The highest BCUT2D eigenvalue weighted by Gasteiger charge is 2.11. The van der Waals surface area contributed by atoms with Crippen molar-refractivity contribution in [3.63, 3.8) is 0 Å². The summed E-state index contributed by atoms with van der Waals surface area (Å²) in [7, 11) is 1.75. The first-order chi connectivity index (χ1) is 9.97. The molecule has 0 radical (unpaired) electrons. The second kappa shape index (κ2) is 6.96. The number of benzene rings is 2. The number of amides is 2. The minimum atomic E-state index is -0.175. The zero-order chi connectivity index (χ0) is 15.4. The molecule has 5 heteroatoms. The molecular formula is C16H16BrClN2O. The molecule has 0 unspecified atom stereocenters. The summed E-state index contributed by atoms with van der Waals surface area (Å²) in [6.07, 6.45) is 0. The molecule has 2 aromatic carbocycles. The normalized spacial score (nSPS) is 10.3. The molecule has 0 saturated heterocycles. The van der Waals surface area contributed by atoms with E-state index in [9.17, 15) is 4.79 Å². The Morgan fingerprint density at radius 2 is 2.00 bits per heavy atom. The molecular weight excluding hydrogens is 352 g/mol. The van der Waals surface area contributed by atoms with E-state index in [2.05, 4.69) is 21.2 Å². The lowest BCUT2D eigenvalue weighted by molar-refractivity contribution is 0.220. The number of urea groups is 1. The van der Waals surface area contributed by atoms with E-state index in [1.165, 1.54) is 0 Å². The third-order valence-electron chi connectivity index (χ3n) is 3.14. The number of rotatable bonds is 3. The molecule has 0 aliphatic rings. The zero-order valence-corrected chi connectivity index (χ0v) is 14.2. The van der Waals surface area contributed by atoms with E-state index in [1.54, 1.807) is 18.0 Å². The first kappa shape index (κ1) is 15.9. The molecule has 21 heavy (non-hydrogen) atoms. The minimum Gasteiger partial charge on any atom is -0.323 e. The Morgan fingerprint density at radius 1 is 1.29 bits per heavy atom. The second-order valence-electron chi connectivity index (χ2n) is 4.84. The maximum absolute atomic E-state index is 12.2. The van der Waals surface area contributed by atoms with E-state index in [4.69, 9.17) is 11.6 Å². The van der Waals surface area contributed by atoms with Crippen molar-refractivity contribution in [1.29, 1.82) is 0 Å². The molecule has 0 saturated carbocycles. The van der Waals surface area contributed by atoms with Gasteiger partial charge in [0.2, 0.25) is 0 Å². The molecule has 0 aromatic heterocycles. The van der Waals surface area contributed by atoms with Crippen LogP contribution in [0.1, 0.15) is 11.1 Å². The van der Waals surface area contributed by atoms with Crippen LogP contribution in [0.2, 0.25) is 5.02 Å². The number of aryl methyl sites for hydroxylation is 1. The van der Waals surface area contributed by atoms with E-state index in [0.29, 0.717) is 17.3 Å². The fourth-order valence-corrected chi connectivity index (χ4v) is 2.43. The molecule has 110 valence electrons. The molecule has 0 aliphatic heterocycles.